The molecule has 7 nitrogen and oxygen atoms in total. The van der Waals surface area contributed by atoms with Crippen molar-refractivity contribution in [2.45, 2.75) is 29.0 Å². The van der Waals surface area contributed by atoms with E-state index < -0.39 is 31.6 Å². The van der Waals surface area contributed by atoms with Gasteiger partial charge in [-0.2, -0.15) is 0 Å². The molecule has 174 valence electrons. The first-order chi connectivity index (χ1) is 15.5. The van der Waals surface area contributed by atoms with Crippen LogP contribution in [0.3, 0.4) is 0 Å². The fourth-order valence-corrected chi connectivity index (χ4v) is 7.29. The second-order valence-corrected chi connectivity index (χ2v) is 13.6. The van der Waals surface area contributed by atoms with Crippen LogP contribution >= 0.6 is 31.9 Å². The van der Waals surface area contributed by atoms with Crippen LogP contribution in [-0.2, 0) is 26.2 Å². The van der Waals surface area contributed by atoms with E-state index in [0.29, 0.717) is 6.42 Å². The normalized spacial score (nSPS) is 17.7. The summed E-state index contributed by atoms with van der Waals surface area (Å²) in [5.74, 6) is -0.863. The summed E-state index contributed by atoms with van der Waals surface area (Å²) in [5, 5.41) is -0.352. The topological polar surface area (TPSA) is 102 Å². The Morgan fingerprint density at radius 3 is 2.39 bits per heavy atom. The minimum atomic E-state index is -3.96. The van der Waals surface area contributed by atoms with Gasteiger partial charge in [0, 0.05) is 21.5 Å². The highest BCUT2D eigenvalue weighted by atomic mass is 79.9. The maximum Gasteiger partial charge on any atom is 0.290 e. The van der Waals surface area contributed by atoms with E-state index in [0.717, 1.165) is 14.5 Å². The van der Waals surface area contributed by atoms with Crippen molar-refractivity contribution in [3.05, 3.63) is 80.9 Å². The lowest BCUT2D eigenvalue weighted by molar-refractivity contribution is 0.0642. The van der Waals surface area contributed by atoms with Gasteiger partial charge in [0.25, 0.3) is 5.91 Å². The van der Waals surface area contributed by atoms with Gasteiger partial charge in [-0.15, -0.1) is 0 Å². The Labute approximate surface area is 208 Å². The van der Waals surface area contributed by atoms with Gasteiger partial charge in [0.2, 0.25) is 14.9 Å². The van der Waals surface area contributed by atoms with E-state index in [9.17, 15) is 21.6 Å². The van der Waals surface area contributed by atoms with Crippen molar-refractivity contribution < 1.29 is 26.0 Å². The Kier molecular flexibility index (Phi) is 6.86. The number of rotatable bonds is 6. The molecule has 0 aliphatic carbocycles. The molecule has 0 bridgehead atoms. The van der Waals surface area contributed by atoms with Gasteiger partial charge in [-0.05, 0) is 60.5 Å². The number of benzene rings is 2. The van der Waals surface area contributed by atoms with Crippen molar-refractivity contribution in [2.75, 3.05) is 11.5 Å². The van der Waals surface area contributed by atoms with Crippen molar-refractivity contribution in [2.24, 2.45) is 0 Å². The molecule has 1 aliphatic rings. The molecule has 0 radical (unpaired) electrons. The second-order valence-electron chi connectivity index (χ2n) is 7.70. The minimum Gasteiger partial charge on any atom is -0.439 e. The molecule has 1 aromatic heterocycles. The molecule has 33 heavy (non-hydrogen) atoms. The SMILES string of the molecule is O=C(c1ccc(S(=O)(=O)c2ccc(Br)cc2)o1)N(Cc1cccc(Br)c1)[C@H]1CCS(=O)(=O)C1. The summed E-state index contributed by atoms with van der Waals surface area (Å²) in [6.45, 7) is 0.161. The molecule has 0 saturated carbocycles. The van der Waals surface area contributed by atoms with Crippen LogP contribution in [0.25, 0.3) is 0 Å². The highest BCUT2D eigenvalue weighted by Crippen LogP contribution is 2.27. The van der Waals surface area contributed by atoms with Crippen LogP contribution in [0.15, 0.2) is 84.0 Å². The number of nitrogens with zero attached hydrogens (tertiary/aromatic N) is 1. The lowest BCUT2D eigenvalue weighted by Crippen LogP contribution is -2.40. The van der Waals surface area contributed by atoms with E-state index in [1.807, 2.05) is 24.3 Å². The van der Waals surface area contributed by atoms with E-state index in [1.165, 1.54) is 29.2 Å². The molecule has 1 saturated heterocycles. The largest absolute Gasteiger partial charge is 0.439 e. The molecule has 1 amide bonds. The summed E-state index contributed by atoms with van der Waals surface area (Å²) in [6, 6.07) is 15.4. The number of carbonyl (C=O) groups excluding carboxylic acids is 1. The molecule has 2 heterocycles. The maximum atomic E-state index is 13.4. The molecule has 3 aromatic rings. The number of amides is 1. The predicted octanol–water partition coefficient (Wildman–Crippen LogP) is 4.47. The van der Waals surface area contributed by atoms with Crippen LogP contribution in [0.5, 0.6) is 0 Å². The molecule has 0 N–H and O–H groups in total. The maximum absolute atomic E-state index is 13.4. The van der Waals surface area contributed by atoms with E-state index in [-0.39, 0.29) is 33.8 Å². The number of carbonyl (C=O) groups is 1. The molecule has 11 heteroatoms. The molecule has 0 spiro atoms. The standard InChI is InChI=1S/C22H19Br2NO6S2/c23-16-4-6-19(7-5-16)33(29,30)21-9-8-20(31-21)22(26)25(18-10-11-32(27,28)14-18)13-15-2-1-3-17(24)12-15/h1-9,12,18H,10-11,13-14H2/t18-/m0/s1. The molecular weight excluding hydrogens is 598 g/mol. The highest BCUT2D eigenvalue weighted by molar-refractivity contribution is 9.10. The molecule has 1 aliphatic heterocycles. The number of hydrogen-bond acceptors (Lipinski definition) is 6. The van der Waals surface area contributed by atoms with Crippen LogP contribution in [0.1, 0.15) is 22.5 Å². The van der Waals surface area contributed by atoms with Gasteiger partial charge in [-0.1, -0.05) is 44.0 Å². The summed E-state index contributed by atoms with van der Waals surface area (Å²) in [5.41, 5.74) is 0.802. The third-order valence-electron chi connectivity index (χ3n) is 5.33. The number of sulfone groups is 2. The predicted molar refractivity (Wildman–Crippen MR) is 129 cm³/mol. The Morgan fingerprint density at radius 2 is 1.76 bits per heavy atom. The lowest BCUT2D eigenvalue weighted by atomic mass is 10.1. The smallest absolute Gasteiger partial charge is 0.290 e. The van der Waals surface area contributed by atoms with Gasteiger partial charge < -0.3 is 9.32 Å². The van der Waals surface area contributed by atoms with Crippen LogP contribution < -0.4 is 0 Å². The Morgan fingerprint density at radius 1 is 1.03 bits per heavy atom. The summed E-state index contributed by atoms with van der Waals surface area (Å²) < 4.78 is 57.0. The Hall–Kier alpha value is -1.95. The lowest BCUT2D eigenvalue weighted by Gasteiger charge is -2.27. The average Bonchev–Trinajstić information content (AvgIpc) is 3.39. The summed E-state index contributed by atoms with van der Waals surface area (Å²) in [6.07, 6.45) is 0.312. The molecular formula is C22H19Br2NO6S2. The van der Waals surface area contributed by atoms with Crippen molar-refractivity contribution >= 4 is 57.4 Å². The average molecular weight is 617 g/mol. The minimum absolute atomic E-state index is 0.00127. The molecule has 2 aromatic carbocycles. The van der Waals surface area contributed by atoms with Crippen LogP contribution in [0.2, 0.25) is 0 Å². The Bertz CT molecular complexity index is 1400. The van der Waals surface area contributed by atoms with Crippen LogP contribution in [0, 0.1) is 0 Å². The van der Waals surface area contributed by atoms with Gasteiger partial charge in [0.15, 0.2) is 15.6 Å². The number of halogens is 2. The highest BCUT2D eigenvalue weighted by Gasteiger charge is 2.36. The quantitative estimate of drug-likeness (QED) is 0.405. The third-order valence-corrected chi connectivity index (χ3v) is 9.75. The zero-order valence-corrected chi connectivity index (χ0v) is 22.0. The Balaban J connectivity index is 1.65. The zero-order chi connectivity index (χ0) is 23.8. The van der Waals surface area contributed by atoms with Crippen LogP contribution in [0.4, 0.5) is 0 Å². The summed E-state index contributed by atoms with van der Waals surface area (Å²) in [7, 11) is -7.20. The number of hydrogen-bond donors (Lipinski definition) is 0. The van der Waals surface area contributed by atoms with Gasteiger partial charge in [0.05, 0.1) is 16.4 Å². The van der Waals surface area contributed by atoms with Crippen LogP contribution in [-0.4, -0.2) is 45.2 Å². The monoisotopic (exact) mass is 615 g/mol. The van der Waals surface area contributed by atoms with Gasteiger partial charge in [-0.25, -0.2) is 16.8 Å². The van der Waals surface area contributed by atoms with E-state index >= 15 is 0 Å². The van der Waals surface area contributed by atoms with E-state index in [2.05, 4.69) is 31.9 Å². The first-order valence-corrected chi connectivity index (χ1v) is 14.8. The van der Waals surface area contributed by atoms with Gasteiger partial charge in [0.1, 0.15) is 0 Å². The zero-order valence-electron chi connectivity index (χ0n) is 17.1. The van der Waals surface area contributed by atoms with Gasteiger partial charge >= 0.3 is 0 Å². The fourth-order valence-electron chi connectivity index (χ4n) is 3.67. The van der Waals surface area contributed by atoms with Crippen molar-refractivity contribution in [3.63, 3.8) is 0 Å². The molecule has 0 unspecified atom stereocenters. The van der Waals surface area contributed by atoms with E-state index in [1.54, 1.807) is 12.1 Å². The van der Waals surface area contributed by atoms with Crippen molar-refractivity contribution in [1.29, 1.82) is 0 Å². The summed E-state index contributed by atoms with van der Waals surface area (Å²) >= 11 is 6.67. The molecule has 4 rings (SSSR count). The fraction of sp³-hybridized carbons (Fsp3) is 0.227. The number of furan rings is 1. The van der Waals surface area contributed by atoms with Crippen molar-refractivity contribution in [3.8, 4) is 0 Å². The first-order valence-electron chi connectivity index (χ1n) is 9.91. The van der Waals surface area contributed by atoms with E-state index in [4.69, 9.17) is 4.42 Å². The third kappa shape index (κ3) is 5.42. The van der Waals surface area contributed by atoms with Crippen molar-refractivity contribution in [1.82, 2.24) is 4.90 Å². The first kappa shape index (κ1) is 24.2. The second kappa shape index (κ2) is 9.36. The molecule has 1 atom stereocenters. The van der Waals surface area contributed by atoms with Gasteiger partial charge in [-0.3, -0.25) is 4.79 Å². The summed E-state index contributed by atoms with van der Waals surface area (Å²) in [4.78, 5) is 14.9. The molecule has 1 fully saturated rings.